The molecule has 0 aliphatic rings. The van der Waals surface area contributed by atoms with Gasteiger partial charge in [0.2, 0.25) is 5.76 Å². The third-order valence-electron chi connectivity index (χ3n) is 2.47. The van der Waals surface area contributed by atoms with Crippen LogP contribution < -0.4 is 0 Å². The molecule has 0 saturated heterocycles. The van der Waals surface area contributed by atoms with Crippen molar-refractivity contribution in [2.24, 2.45) is 5.92 Å². The fraction of sp³-hybridized carbons (Fsp3) is 0.714. The van der Waals surface area contributed by atoms with E-state index in [0.717, 1.165) is 0 Å². The van der Waals surface area contributed by atoms with E-state index in [9.17, 15) is 4.79 Å². The third-order valence-corrected chi connectivity index (χ3v) is 2.47. The minimum atomic E-state index is -0.437. The second-order valence-electron chi connectivity index (χ2n) is 4.65. The van der Waals surface area contributed by atoms with E-state index in [1.807, 2.05) is 6.92 Å². The lowest BCUT2D eigenvalue weighted by Crippen LogP contribution is -2.08. The second-order valence-corrected chi connectivity index (χ2v) is 4.65. The van der Waals surface area contributed by atoms with Gasteiger partial charge in [-0.25, -0.2) is 9.78 Å². The highest BCUT2D eigenvalue weighted by Gasteiger charge is 2.21. The molecule has 5 nitrogen and oxygen atoms in total. The van der Waals surface area contributed by atoms with Gasteiger partial charge in [-0.2, -0.15) is 0 Å². The van der Waals surface area contributed by atoms with Crippen LogP contribution in [0.1, 0.15) is 49.8 Å². The first-order chi connectivity index (χ1) is 9.08. The van der Waals surface area contributed by atoms with Crippen LogP contribution in [-0.4, -0.2) is 30.8 Å². The topological polar surface area (TPSA) is 61.6 Å². The Morgan fingerprint density at radius 1 is 1.32 bits per heavy atom. The number of aromatic nitrogens is 1. The summed E-state index contributed by atoms with van der Waals surface area (Å²) in [6.07, 6.45) is 1.27. The number of ether oxygens (including phenoxy) is 2. The first-order valence-electron chi connectivity index (χ1n) is 6.81. The van der Waals surface area contributed by atoms with Gasteiger partial charge in [0.25, 0.3) is 0 Å². The van der Waals surface area contributed by atoms with E-state index in [-0.39, 0.29) is 5.76 Å². The number of rotatable bonds is 8. The van der Waals surface area contributed by atoms with Crippen molar-refractivity contribution in [3.05, 3.63) is 17.3 Å². The maximum atomic E-state index is 11.8. The Labute approximate surface area is 114 Å². The molecule has 1 aromatic heterocycles. The number of carbonyl (C=O) groups excluding carboxylic acids is 1. The SMILES string of the molecule is CCOCCc1nc(CC(C)C)c(C(=O)OCC)o1. The molecule has 0 N–H and O–H groups in total. The van der Waals surface area contributed by atoms with Crippen molar-refractivity contribution in [2.75, 3.05) is 19.8 Å². The molecule has 0 aliphatic carbocycles. The molecular weight excluding hydrogens is 246 g/mol. The molecule has 1 aromatic rings. The van der Waals surface area contributed by atoms with Gasteiger partial charge in [0.05, 0.1) is 18.9 Å². The summed E-state index contributed by atoms with van der Waals surface area (Å²) >= 11 is 0. The minimum absolute atomic E-state index is 0.238. The van der Waals surface area contributed by atoms with Gasteiger partial charge in [-0.15, -0.1) is 0 Å². The van der Waals surface area contributed by atoms with E-state index in [1.165, 1.54) is 0 Å². The van der Waals surface area contributed by atoms with Crippen molar-refractivity contribution >= 4 is 5.97 Å². The van der Waals surface area contributed by atoms with Gasteiger partial charge in [0.15, 0.2) is 5.89 Å². The summed E-state index contributed by atoms with van der Waals surface area (Å²) in [5, 5.41) is 0. The lowest BCUT2D eigenvalue weighted by molar-refractivity contribution is 0.0484. The van der Waals surface area contributed by atoms with Gasteiger partial charge in [-0.3, -0.25) is 0 Å². The molecular formula is C14H23NO4. The summed E-state index contributed by atoms with van der Waals surface area (Å²) in [6, 6.07) is 0. The molecule has 0 aliphatic heterocycles. The van der Waals surface area contributed by atoms with E-state index in [1.54, 1.807) is 6.92 Å². The molecule has 5 heteroatoms. The fourth-order valence-electron chi connectivity index (χ4n) is 1.69. The Morgan fingerprint density at radius 3 is 2.63 bits per heavy atom. The molecule has 0 spiro atoms. The van der Waals surface area contributed by atoms with Gasteiger partial charge in [-0.05, 0) is 26.2 Å². The van der Waals surface area contributed by atoms with E-state index in [2.05, 4.69) is 18.8 Å². The summed E-state index contributed by atoms with van der Waals surface area (Å²) in [5.74, 6) is 0.737. The number of oxazole rings is 1. The Bertz CT molecular complexity index is 398. The molecule has 1 heterocycles. The molecule has 0 atom stereocenters. The summed E-state index contributed by atoms with van der Waals surface area (Å²) < 4.78 is 15.8. The number of esters is 1. The molecule has 0 aromatic carbocycles. The van der Waals surface area contributed by atoms with Crippen LogP contribution >= 0.6 is 0 Å². The molecule has 0 fully saturated rings. The summed E-state index contributed by atoms with van der Waals surface area (Å²) in [7, 11) is 0. The summed E-state index contributed by atoms with van der Waals surface area (Å²) in [5.41, 5.74) is 0.681. The normalized spacial score (nSPS) is 11.0. The number of hydrogen-bond acceptors (Lipinski definition) is 5. The number of carbonyl (C=O) groups is 1. The van der Waals surface area contributed by atoms with Crippen molar-refractivity contribution in [2.45, 2.75) is 40.5 Å². The first-order valence-corrected chi connectivity index (χ1v) is 6.81. The average molecular weight is 269 g/mol. The first kappa shape index (κ1) is 15.7. The number of nitrogens with zero attached hydrogens (tertiary/aromatic N) is 1. The quantitative estimate of drug-likeness (QED) is 0.536. The predicted octanol–water partition coefficient (Wildman–Crippen LogP) is 2.63. The Hall–Kier alpha value is -1.36. The molecule has 0 unspecified atom stereocenters. The van der Waals surface area contributed by atoms with Crippen molar-refractivity contribution in [3.63, 3.8) is 0 Å². The summed E-state index contributed by atoms with van der Waals surface area (Å²) in [4.78, 5) is 16.2. The van der Waals surface area contributed by atoms with Crippen molar-refractivity contribution in [1.29, 1.82) is 0 Å². The van der Waals surface area contributed by atoms with Crippen LogP contribution in [0.4, 0.5) is 0 Å². The molecule has 0 amide bonds. The van der Waals surface area contributed by atoms with E-state index in [4.69, 9.17) is 13.9 Å². The Balaban J connectivity index is 2.82. The van der Waals surface area contributed by atoms with Gasteiger partial charge in [-0.1, -0.05) is 13.8 Å². The number of hydrogen-bond donors (Lipinski definition) is 0. The maximum Gasteiger partial charge on any atom is 0.376 e. The van der Waals surface area contributed by atoms with Gasteiger partial charge >= 0.3 is 5.97 Å². The van der Waals surface area contributed by atoms with Crippen molar-refractivity contribution in [3.8, 4) is 0 Å². The third kappa shape index (κ3) is 5.03. The van der Waals surface area contributed by atoms with Crippen LogP contribution in [0.3, 0.4) is 0 Å². The molecule has 0 saturated carbocycles. The zero-order chi connectivity index (χ0) is 14.3. The second kappa shape index (κ2) is 7.94. The Kier molecular flexibility index (Phi) is 6.56. The van der Waals surface area contributed by atoms with Crippen LogP contribution in [0.2, 0.25) is 0 Å². The van der Waals surface area contributed by atoms with E-state index >= 15 is 0 Å². The Morgan fingerprint density at radius 2 is 2.05 bits per heavy atom. The predicted molar refractivity (Wildman–Crippen MR) is 71.2 cm³/mol. The van der Waals surface area contributed by atoms with Crippen LogP contribution in [0.15, 0.2) is 4.42 Å². The van der Waals surface area contributed by atoms with Crippen LogP contribution in [0.25, 0.3) is 0 Å². The summed E-state index contributed by atoms with van der Waals surface area (Å²) in [6.45, 7) is 9.38. The monoisotopic (exact) mass is 269 g/mol. The highest BCUT2D eigenvalue weighted by molar-refractivity contribution is 5.87. The van der Waals surface area contributed by atoms with Crippen molar-refractivity contribution in [1.82, 2.24) is 4.98 Å². The highest BCUT2D eigenvalue weighted by atomic mass is 16.5. The zero-order valence-corrected chi connectivity index (χ0v) is 12.2. The van der Waals surface area contributed by atoms with E-state index < -0.39 is 5.97 Å². The zero-order valence-electron chi connectivity index (χ0n) is 12.2. The fourth-order valence-corrected chi connectivity index (χ4v) is 1.69. The minimum Gasteiger partial charge on any atom is -0.460 e. The van der Waals surface area contributed by atoms with Gasteiger partial charge < -0.3 is 13.9 Å². The van der Waals surface area contributed by atoms with Gasteiger partial charge in [0, 0.05) is 13.0 Å². The molecule has 108 valence electrons. The largest absolute Gasteiger partial charge is 0.460 e. The smallest absolute Gasteiger partial charge is 0.376 e. The van der Waals surface area contributed by atoms with Crippen LogP contribution in [-0.2, 0) is 22.3 Å². The maximum absolute atomic E-state index is 11.8. The average Bonchev–Trinajstić information content (AvgIpc) is 2.72. The molecule has 0 radical (unpaired) electrons. The molecule has 0 bridgehead atoms. The molecule has 1 rings (SSSR count). The van der Waals surface area contributed by atoms with Crippen LogP contribution in [0.5, 0.6) is 0 Å². The lowest BCUT2D eigenvalue weighted by Gasteiger charge is -2.02. The van der Waals surface area contributed by atoms with Gasteiger partial charge in [0.1, 0.15) is 0 Å². The van der Waals surface area contributed by atoms with Crippen molar-refractivity contribution < 1.29 is 18.7 Å². The lowest BCUT2D eigenvalue weighted by atomic mass is 10.1. The highest BCUT2D eigenvalue weighted by Crippen LogP contribution is 2.17. The van der Waals surface area contributed by atoms with Crippen LogP contribution in [0, 0.1) is 5.92 Å². The molecule has 19 heavy (non-hydrogen) atoms. The van der Waals surface area contributed by atoms with E-state index in [0.29, 0.717) is 50.2 Å². The standard InChI is InChI=1S/C14H23NO4/c1-5-17-8-7-12-15-11(9-10(3)4)13(19-12)14(16)18-6-2/h10H,5-9H2,1-4H3.